The van der Waals surface area contributed by atoms with Crippen LogP contribution in [0.3, 0.4) is 0 Å². The summed E-state index contributed by atoms with van der Waals surface area (Å²) in [7, 11) is 0. The largest absolute Gasteiger partial charge is 0.378 e. The summed E-state index contributed by atoms with van der Waals surface area (Å²) in [6.45, 7) is 11.5. The minimum Gasteiger partial charge on any atom is -0.378 e. The average Bonchev–Trinajstić information content (AvgIpc) is 2.28. The van der Waals surface area contributed by atoms with E-state index in [1.165, 1.54) is 38.9 Å². The van der Waals surface area contributed by atoms with Crippen molar-refractivity contribution in [3.05, 3.63) is 0 Å². The first kappa shape index (κ1) is 13.0. The van der Waals surface area contributed by atoms with E-state index in [4.69, 9.17) is 4.74 Å². The van der Waals surface area contributed by atoms with Crippen LogP contribution in [0.4, 0.5) is 0 Å². The quantitative estimate of drug-likeness (QED) is 0.672. The monoisotopic (exact) mass is 213 g/mol. The van der Waals surface area contributed by atoms with Crippen LogP contribution in [0.1, 0.15) is 46.5 Å². The highest BCUT2D eigenvalue weighted by Gasteiger charge is 2.19. The Morgan fingerprint density at radius 3 is 2.47 bits per heavy atom. The van der Waals surface area contributed by atoms with Gasteiger partial charge in [0.05, 0.1) is 6.10 Å². The Kier molecular flexibility index (Phi) is 6.26. The van der Waals surface area contributed by atoms with Crippen LogP contribution in [-0.2, 0) is 4.74 Å². The van der Waals surface area contributed by atoms with E-state index in [1.807, 2.05) is 0 Å². The lowest BCUT2D eigenvalue weighted by Crippen LogP contribution is -2.39. The molecule has 0 bridgehead atoms. The minimum absolute atomic E-state index is 0.540. The molecule has 0 spiro atoms. The van der Waals surface area contributed by atoms with Crippen molar-refractivity contribution in [1.29, 1.82) is 0 Å². The van der Waals surface area contributed by atoms with Crippen molar-refractivity contribution in [1.82, 2.24) is 4.90 Å². The van der Waals surface area contributed by atoms with Gasteiger partial charge in [-0.25, -0.2) is 0 Å². The molecule has 2 heteroatoms. The number of hydrogen-bond acceptors (Lipinski definition) is 2. The smallest absolute Gasteiger partial charge is 0.0599 e. The number of piperidine rings is 1. The third kappa shape index (κ3) is 4.98. The zero-order valence-electron chi connectivity index (χ0n) is 10.7. The van der Waals surface area contributed by atoms with Gasteiger partial charge in [-0.05, 0) is 25.2 Å². The molecule has 1 rings (SSSR count). The van der Waals surface area contributed by atoms with E-state index in [-0.39, 0.29) is 0 Å². The molecule has 90 valence electrons. The summed E-state index contributed by atoms with van der Waals surface area (Å²) in [5.74, 6) is 0.845. The van der Waals surface area contributed by atoms with Gasteiger partial charge >= 0.3 is 0 Å². The van der Waals surface area contributed by atoms with Crippen LogP contribution in [0.2, 0.25) is 0 Å². The first-order chi connectivity index (χ1) is 7.26. The van der Waals surface area contributed by atoms with Gasteiger partial charge in [-0.15, -0.1) is 0 Å². The molecule has 0 radical (unpaired) electrons. The zero-order valence-corrected chi connectivity index (χ0v) is 10.7. The van der Waals surface area contributed by atoms with Crippen LogP contribution in [-0.4, -0.2) is 37.2 Å². The van der Waals surface area contributed by atoms with Gasteiger partial charge in [0.15, 0.2) is 0 Å². The fourth-order valence-electron chi connectivity index (χ4n) is 2.11. The average molecular weight is 213 g/mol. The van der Waals surface area contributed by atoms with Gasteiger partial charge in [-0.1, -0.05) is 27.2 Å². The van der Waals surface area contributed by atoms with Crippen molar-refractivity contribution in [3.8, 4) is 0 Å². The lowest BCUT2D eigenvalue weighted by molar-refractivity contribution is 0.00534. The molecule has 0 aliphatic carbocycles. The van der Waals surface area contributed by atoms with E-state index in [1.54, 1.807) is 0 Å². The molecule has 15 heavy (non-hydrogen) atoms. The summed E-state index contributed by atoms with van der Waals surface area (Å²) < 4.78 is 5.79. The fourth-order valence-corrected chi connectivity index (χ4v) is 2.11. The van der Waals surface area contributed by atoms with Crippen molar-refractivity contribution in [2.24, 2.45) is 5.92 Å². The van der Waals surface area contributed by atoms with E-state index >= 15 is 0 Å². The summed E-state index contributed by atoms with van der Waals surface area (Å²) in [5.41, 5.74) is 0. The van der Waals surface area contributed by atoms with Gasteiger partial charge in [0.2, 0.25) is 0 Å². The van der Waals surface area contributed by atoms with Gasteiger partial charge in [-0.3, -0.25) is 0 Å². The molecule has 0 aromatic carbocycles. The van der Waals surface area contributed by atoms with Crippen LogP contribution in [0.25, 0.3) is 0 Å². The fraction of sp³-hybridized carbons (Fsp3) is 1.00. The van der Waals surface area contributed by atoms with Crippen molar-refractivity contribution in [2.45, 2.75) is 52.6 Å². The number of nitrogens with zero attached hydrogens (tertiary/aromatic N) is 1. The highest BCUT2D eigenvalue weighted by molar-refractivity contribution is 4.73. The predicted octanol–water partition coefficient (Wildman–Crippen LogP) is 2.92. The zero-order chi connectivity index (χ0) is 11.1. The molecule has 1 fully saturated rings. The third-order valence-electron chi connectivity index (χ3n) is 3.36. The van der Waals surface area contributed by atoms with Gasteiger partial charge in [-0.2, -0.15) is 0 Å². The van der Waals surface area contributed by atoms with E-state index in [9.17, 15) is 0 Å². The predicted molar refractivity (Wildman–Crippen MR) is 65.2 cm³/mol. The molecule has 1 unspecified atom stereocenters. The van der Waals surface area contributed by atoms with Crippen LogP contribution >= 0.6 is 0 Å². The maximum atomic E-state index is 5.79. The molecule has 1 atom stereocenters. The van der Waals surface area contributed by atoms with E-state index in [0.29, 0.717) is 6.10 Å². The lowest BCUT2D eigenvalue weighted by atomic mass is 10.0. The van der Waals surface area contributed by atoms with Crippen molar-refractivity contribution < 1.29 is 4.74 Å². The molecule has 0 saturated carbocycles. The molecule has 0 aromatic heterocycles. The molecule has 1 saturated heterocycles. The van der Waals surface area contributed by atoms with Gasteiger partial charge in [0.25, 0.3) is 0 Å². The lowest BCUT2D eigenvalue weighted by Gasteiger charge is -2.33. The molecule has 1 aliphatic rings. The second-order valence-electron chi connectivity index (χ2n) is 4.88. The SMILES string of the molecule is CCCOC1CCN(CC(C)CC)CC1. The normalized spacial score (nSPS) is 21.8. The summed E-state index contributed by atoms with van der Waals surface area (Å²) >= 11 is 0. The molecule has 2 nitrogen and oxygen atoms in total. The molecular formula is C13H27NO. The first-order valence-electron chi connectivity index (χ1n) is 6.60. The van der Waals surface area contributed by atoms with Crippen molar-refractivity contribution in [2.75, 3.05) is 26.2 Å². The Hall–Kier alpha value is -0.0800. The van der Waals surface area contributed by atoms with E-state index < -0.39 is 0 Å². The van der Waals surface area contributed by atoms with Crippen LogP contribution in [0.15, 0.2) is 0 Å². The molecule has 1 aliphatic heterocycles. The Labute approximate surface area is 95.0 Å². The number of hydrogen-bond donors (Lipinski definition) is 0. The minimum atomic E-state index is 0.540. The highest BCUT2D eigenvalue weighted by atomic mass is 16.5. The van der Waals surface area contributed by atoms with Crippen LogP contribution in [0, 0.1) is 5.92 Å². The van der Waals surface area contributed by atoms with Crippen LogP contribution < -0.4 is 0 Å². The summed E-state index contributed by atoms with van der Waals surface area (Å²) in [6, 6.07) is 0. The molecular weight excluding hydrogens is 186 g/mol. The maximum Gasteiger partial charge on any atom is 0.0599 e. The second kappa shape index (κ2) is 7.24. The Morgan fingerprint density at radius 2 is 1.93 bits per heavy atom. The number of likely N-dealkylation sites (tertiary alicyclic amines) is 1. The Morgan fingerprint density at radius 1 is 1.27 bits per heavy atom. The summed E-state index contributed by atoms with van der Waals surface area (Å²) in [5, 5.41) is 0. The molecule has 0 N–H and O–H groups in total. The molecule has 0 amide bonds. The van der Waals surface area contributed by atoms with E-state index in [2.05, 4.69) is 25.7 Å². The third-order valence-corrected chi connectivity index (χ3v) is 3.36. The first-order valence-corrected chi connectivity index (χ1v) is 6.60. The number of rotatable bonds is 6. The van der Waals surface area contributed by atoms with E-state index in [0.717, 1.165) is 18.9 Å². The molecule has 0 aromatic rings. The maximum absolute atomic E-state index is 5.79. The van der Waals surface area contributed by atoms with Crippen molar-refractivity contribution in [3.63, 3.8) is 0 Å². The standard InChI is InChI=1S/C13H27NO/c1-4-10-15-13-6-8-14(9-7-13)11-12(3)5-2/h12-13H,4-11H2,1-3H3. The Balaban J connectivity index is 2.12. The van der Waals surface area contributed by atoms with Crippen LogP contribution in [0.5, 0.6) is 0 Å². The number of ether oxygens (including phenoxy) is 1. The Bertz CT molecular complexity index is 153. The summed E-state index contributed by atoms with van der Waals surface area (Å²) in [6.07, 6.45) is 5.45. The van der Waals surface area contributed by atoms with Crippen molar-refractivity contribution >= 4 is 0 Å². The second-order valence-corrected chi connectivity index (χ2v) is 4.88. The topological polar surface area (TPSA) is 12.5 Å². The molecule has 1 heterocycles. The van der Waals surface area contributed by atoms with Gasteiger partial charge < -0.3 is 9.64 Å². The van der Waals surface area contributed by atoms with Gasteiger partial charge in [0.1, 0.15) is 0 Å². The highest BCUT2D eigenvalue weighted by Crippen LogP contribution is 2.15. The van der Waals surface area contributed by atoms with Gasteiger partial charge in [0, 0.05) is 26.2 Å². The summed E-state index contributed by atoms with van der Waals surface area (Å²) in [4.78, 5) is 2.60.